The molecule has 0 fully saturated rings. The molecule has 0 atom stereocenters. The van der Waals surface area contributed by atoms with Crippen LogP contribution in [-0.4, -0.2) is 13.0 Å². The number of hydrogen-bond donors (Lipinski definition) is 0. The average molecular weight is 222 g/mol. The topological polar surface area (TPSA) is 57.2 Å². The van der Waals surface area contributed by atoms with Crippen molar-refractivity contribution in [2.24, 2.45) is 0 Å². The van der Waals surface area contributed by atoms with Crippen LogP contribution in [0.1, 0.15) is 16.7 Å². The molecule has 0 spiro atoms. The van der Waals surface area contributed by atoms with Crippen molar-refractivity contribution in [3.05, 3.63) is 34.9 Å². The van der Waals surface area contributed by atoms with E-state index < -0.39 is 15.9 Å². The van der Waals surface area contributed by atoms with Gasteiger partial charge < -0.3 is 4.55 Å². The number of aryl methyl sites for hydroxylation is 2. The average Bonchev–Trinajstić information content (AvgIpc) is 1.95. The van der Waals surface area contributed by atoms with Crippen LogP contribution in [0, 0.1) is 13.8 Å². The first-order valence-electron chi connectivity index (χ1n) is 3.89. The first kappa shape index (κ1) is 14.1. The number of benzene rings is 1. The van der Waals surface area contributed by atoms with Crippen molar-refractivity contribution in [3.8, 4) is 0 Å². The van der Waals surface area contributed by atoms with E-state index >= 15 is 0 Å². The van der Waals surface area contributed by atoms with Crippen molar-refractivity contribution in [3.63, 3.8) is 0 Å². The molecule has 3 nitrogen and oxygen atoms in total. The maximum atomic E-state index is 10.5. The summed E-state index contributed by atoms with van der Waals surface area (Å²) in [5.41, 5.74) is 2.32. The van der Waals surface area contributed by atoms with E-state index in [1.807, 2.05) is 6.07 Å². The van der Waals surface area contributed by atoms with E-state index in [9.17, 15) is 13.0 Å². The van der Waals surface area contributed by atoms with Crippen molar-refractivity contribution in [1.29, 1.82) is 0 Å². The van der Waals surface area contributed by atoms with Gasteiger partial charge in [-0.15, -0.1) is 0 Å². The molecule has 0 aliphatic heterocycles. The first-order chi connectivity index (χ1) is 5.90. The van der Waals surface area contributed by atoms with Gasteiger partial charge in [-0.2, -0.15) is 0 Å². The van der Waals surface area contributed by atoms with Gasteiger partial charge in [0.05, 0.1) is 15.9 Å². The van der Waals surface area contributed by atoms with E-state index in [1.165, 1.54) is 0 Å². The zero-order chi connectivity index (χ0) is 10.1. The minimum atomic E-state index is -4.17. The smallest absolute Gasteiger partial charge is 0.748 e. The molecule has 0 amide bonds. The molecule has 0 aliphatic rings. The zero-order valence-corrected chi connectivity index (χ0v) is 11.4. The summed E-state index contributed by atoms with van der Waals surface area (Å²) in [5.74, 6) is -0.411. The monoisotopic (exact) mass is 222 g/mol. The summed E-state index contributed by atoms with van der Waals surface area (Å²) in [5, 5.41) is 0. The van der Waals surface area contributed by atoms with E-state index in [4.69, 9.17) is 0 Å². The second kappa shape index (κ2) is 5.28. The third kappa shape index (κ3) is 4.11. The van der Waals surface area contributed by atoms with Gasteiger partial charge in [0.15, 0.2) is 0 Å². The molecule has 5 heteroatoms. The first-order valence-corrected chi connectivity index (χ1v) is 5.46. The summed E-state index contributed by atoms with van der Waals surface area (Å²) in [6, 6.07) is 5.44. The summed E-state index contributed by atoms with van der Waals surface area (Å²) in [6.07, 6.45) is 0. The van der Waals surface area contributed by atoms with Gasteiger partial charge >= 0.3 is 29.6 Å². The Morgan fingerprint density at radius 1 is 1.21 bits per heavy atom. The third-order valence-corrected chi connectivity index (χ3v) is 2.61. The molecule has 0 aromatic heterocycles. The normalized spacial score (nSPS) is 10.8. The van der Waals surface area contributed by atoms with Crippen molar-refractivity contribution in [1.82, 2.24) is 0 Å². The largest absolute Gasteiger partial charge is 1.00 e. The van der Waals surface area contributed by atoms with Gasteiger partial charge in [0, 0.05) is 0 Å². The predicted octanol–water partition coefficient (Wildman–Crippen LogP) is -1.65. The van der Waals surface area contributed by atoms with Crippen LogP contribution in [0.3, 0.4) is 0 Å². The quantitative estimate of drug-likeness (QED) is 0.445. The Labute approximate surface area is 107 Å². The molecule has 14 heavy (non-hydrogen) atoms. The fourth-order valence-corrected chi connectivity index (χ4v) is 2.06. The molecule has 1 aromatic rings. The standard InChI is InChI=1S/C9H12O3S.Na/c1-7-4-3-5-8(2)9(7)6-13(10,11)12;/h3-5H,6H2,1-2H3,(H,10,11,12);/q;+1/p-1. The molecule has 1 rings (SSSR count). The second-order valence-electron chi connectivity index (χ2n) is 3.07. The Kier molecular flexibility index (Phi) is 5.33. The van der Waals surface area contributed by atoms with Crippen LogP contribution in [0.4, 0.5) is 0 Å². The maximum absolute atomic E-state index is 10.5. The summed E-state index contributed by atoms with van der Waals surface area (Å²) in [6.45, 7) is 3.60. The molecule has 0 N–H and O–H groups in total. The molecule has 0 unspecified atom stereocenters. The second-order valence-corrected chi connectivity index (χ2v) is 4.48. The van der Waals surface area contributed by atoms with Crippen molar-refractivity contribution < 1.29 is 42.5 Å². The van der Waals surface area contributed by atoms with Gasteiger partial charge in [-0.1, -0.05) is 18.2 Å². The maximum Gasteiger partial charge on any atom is 1.00 e. The van der Waals surface area contributed by atoms with Crippen LogP contribution in [0.2, 0.25) is 0 Å². The Morgan fingerprint density at radius 2 is 1.64 bits per heavy atom. The van der Waals surface area contributed by atoms with Gasteiger partial charge in [0.25, 0.3) is 0 Å². The fraction of sp³-hybridized carbons (Fsp3) is 0.333. The third-order valence-electron chi connectivity index (χ3n) is 1.97. The molecule has 0 heterocycles. The molecule has 0 bridgehead atoms. The Morgan fingerprint density at radius 3 is 2.00 bits per heavy atom. The van der Waals surface area contributed by atoms with E-state index in [0.717, 1.165) is 11.1 Å². The molecule has 1 aromatic carbocycles. The molecular formula is C9H11NaO3S. The molecule has 0 aliphatic carbocycles. The molecule has 0 saturated carbocycles. The van der Waals surface area contributed by atoms with Gasteiger partial charge in [-0.25, -0.2) is 8.42 Å². The van der Waals surface area contributed by atoms with E-state index in [-0.39, 0.29) is 29.6 Å². The number of hydrogen-bond acceptors (Lipinski definition) is 3. The Bertz CT molecular complexity index is 392. The molecular weight excluding hydrogens is 211 g/mol. The summed E-state index contributed by atoms with van der Waals surface area (Å²) in [7, 11) is -4.17. The zero-order valence-electron chi connectivity index (χ0n) is 8.57. The summed E-state index contributed by atoms with van der Waals surface area (Å²) in [4.78, 5) is 0. The van der Waals surface area contributed by atoms with Crippen LogP contribution in [0.25, 0.3) is 0 Å². The number of rotatable bonds is 2. The van der Waals surface area contributed by atoms with Crippen molar-refractivity contribution in [2.45, 2.75) is 19.6 Å². The molecule has 72 valence electrons. The van der Waals surface area contributed by atoms with Gasteiger partial charge in [-0.3, -0.25) is 0 Å². The van der Waals surface area contributed by atoms with Crippen molar-refractivity contribution >= 4 is 10.1 Å². The SMILES string of the molecule is Cc1cccc(C)c1CS(=O)(=O)[O-].[Na+]. The van der Waals surface area contributed by atoms with Gasteiger partial charge in [0.1, 0.15) is 0 Å². The van der Waals surface area contributed by atoms with E-state index in [0.29, 0.717) is 5.56 Å². The summed E-state index contributed by atoms with van der Waals surface area (Å²) < 4.78 is 31.6. The minimum Gasteiger partial charge on any atom is -0.748 e. The predicted molar refractivity (Wildman–Crippen MR) is 49.3 cm³/mol. The van der Waals surface area contributed by atoms with Gasteiger partial charge in [-0.05, 0) is 30.5 Å². The van der Waals surface area contributed by atoms with Crippen molar-refractivity contribution in [2.75, 3.05) is 0 Å². The Hall–Kier alpha value is 0.130. The van der Waals surface area contributed by atoms with E-state index in [2.05, 4.69) is 0 Å². The van der Waals surface area contributed by atoms with Crippen LogP contribution < -0.4 is 29.6 Å². The van der Waals surface area contributed by atoms with Gasteiger partial charge in [0.2, 0.25) is 0 Å². The van der Waals surface area contributed by atoms with E-state index in [1.54, 1.807) is 26.0 Å². The van der Waals surface area contributed by atoms with Crippen LogP contribution in [0.15, 0.2) is 18.2 Å². The molecule has 0 radical (unpaired) electrons. The minimum absolute atomic E-state index is 0. The van der Waals surface area contributed by atoms with Crippen LogP contribution >= 0.6 is 0 Å². The Balaban J connectivity index is 0.00000169. The summed E-state index contributed by atoms with van der Waals surface area (Å²) >= 11 is 0. The van der Waals surface area contributed by atoms with Crippen LogP contribution in [0.5, 0.6) is 0 Å². The molecule has 0 saturated heterocycles. The van der Waals surface area contributed by atoms with Crippen LogP contribution in [-0.2, 0) is 15.9 Å². The fourth-order valence-electron chi connectivity index (χ4n) is 1.25.